The number of nitrogens with one attached hydrogen (secondary N) is 2. The quantitative estimate of drug-likeness (QED) is 0.531. The highest BCUT2D eigenvalue weighted by molar-refractivity contribution is 7.17. The molecule has 3 rings (SSSR count). The van der Waals surface area contributed by atoms with E-state index in [2.05, 4.69) is 40.7 Å². The Morgan fingerprint density at radius 1 is 1.11 bits per heavy atom. The number of aryl methyl sites for hydroxylation is 3. The van der Waals surface area contributed by atoms with Gasteiger partial charge >= 0.3 is 0 Å². The van der Waals surface area contributed by atoms with Crippen molar-refractivity contribution in [1.29, 1.82) is 0 Å². The highest BCUT2D eigenvalue weighted by Crippen LogP contribution is 2.27. The molecule has 0 bridgehead atoms. The summed E-state index contributed by atoms with van der Waals surface area (Å²) in [6.45, 7) is 6.06. The molecule has 146 valence electrons. The van der Waals surface area contributed by atoms with Crippen LogP contribution in [-0.4, -0.2) is 16.9 Å². The van der Waals surface area contributed by atoms with Gasteiger partial charge in [0.05, 0.1) is 5.69 Å². The van der Waals surface area contributed by atoms with Crippen LogP contribution in [-0.2, 0) is 12.8 Å². The Balaban J connectivity index is 1.61. The van der Waals surface area contributed by atoms with Crippen LogP contribution in [0.5, 0.6) is 0 Å². The van der Waals surface area contributed by atoms with Crippen molar-refractivity contribution in [2.24, 2.45) is 0 Å². The molecule has 1 amide bonds. The van der Waals surface area contributed by atoms with E-state index in [0.717, 1.165) is 35.8 Å². The molecule has 0 aliphatic heterocycles. The number of para-hydroxylation sites is 1. The number of hydrogen-bond donors (Lipinski definition) is 2. The van der Waals surface area contributed by atoms with Crippen molar-refractivity contribution in [1.82, 2.24) is 10.3 Å². The lowest BCUT2D eigenvalue weighted by atomic mass is 10.1. The second-order valence-corrected chi connectivity index (χ2v) is 7.97. The fourth-order valence-electron chi connectivity index (χ4n) is 3.12. The van der Waals surface area contributed by atoms with Gasteiger partial charge in [0, 0.05) is 11.7 Å². The third kappa shape index (κ3) is 5.20. The number of thiazole rings is 1. The first-order valence-electron chi connectivity index (χ1n) is 9.74. The summed E-state index contributed by atoms with van der Waals surface area (Å²) in [7, 11) is 0. The number of rotatable bonds is 8. The van der Waals surface area contributed by atoms with Crippen LogP contribution in [0.4, 0.5) is 10.8 Å². The van der Waals surface area contributed by atoms with Crippen molar-refractivity contribution in [2.75, 3.05) is 5.32 Å². The third-order valence-corrected chi connectivity index (χ3v) is 5.80. The Hall–Kier alpha value is -2.66. The van der Waals surface area contributed by atoms with Crippen LogP contribution >= 0.6 is 11.3 Å². The van der Waals surface area contributed by atoms with Gasteiger partial charge in [-0.2, -0.15) is 0 Å². The van der Waals surface area contributed by atoms with Gasteiger partial charge in [0.25, 0.3) is 5.91 Å². The standard InChI is InChI=1S/C23H27N3OS/c1-4-19-12-8-9-13-20(19)26-23-25-17(3)21(28-23)22(27)24-16(2)14-15-18-10-6-5-7-11-18/h5-13,16H,4,14-15H2,1-3H3,(H,24,27)(H,25,26)/t16-/m0/s1. The fourth-order valence-corrected chi connectivity index (χ4v) is 4.00. The molecular weight excluding hydrogens is 366 g/mol. The van der Waals surface area contributed by atoms with Crippen molar-refractivity contribution in [3.63, 3.8) is 0 Å². The van der Waals surface area contributed by atoms with Gasteiger partial charge in [-0.15, -0.1) is 0 Å². The molecule has 2 N–H and O–H groups in total. The molecule has 0 unspecified atom stereocenters. The summed E-state index contributed by atoms with van der Waals surface area (Å²) >= 11 is 1.40. The number of aromatic nitrogens is 1. The Bertz CT molecular complexity index is 921. The molecule has 0 aliphatic carbocycles. The smallest absolute Gasteiger partial charge is 0.263 e. The van der Waals surface area contributed by atoms with Crippen molar-refractivity contribution < 1.29 is 4.79 Å². The fraction of sp³-hybridized carbons (Fsp3) is 0.304. The van der Waals surface area contributed by atoms with Crippen molar-refractivity contribution in [3.8, 4) is 0 Å². The van der Waals surface area contributed by atoms with Crippen molar-refractivity contribution in [3.05, 3.63) is 76.3 Å². The molecule has 28 heavy (non-hydrogen) atoms. The number of anilines is 2. The van der Waals surface area contributed by atoms with Crippen LogP contribution in [0.3, 0.4) is 0 Å². The number of carbonyl (C=O) groups is 1. The molecule has 4 nitrogen and oxygen atoms in total. The second-order valence-electron chi connectivity index (χ2n) is 6.97. The van der Waals surface area contributed by atoms with Crippen LogP contribution in [0.25, 0.3) is 0 Å². The van der Waals surface area contributed by atoms with Gasteiger partial charge in [-0.05, 0) is 50.3 Å². The number of benzene rings is 2. The van der Waals surface area contributed by atoms with Gasteiger partial charge in [0.15, 0.2) is 5.13 Å². The van der Waals surface area contributed by atoms with E-state index in [9.17, 15) is 4.79 Å². The van der Waals surface area contributed by atoms with Crippen LogP contribution in [0.2, 0.25) is 0 Å². The van der Waals surface area contributed by atoms with Gasteiger partial charge in [-0.25, -0.2) is 4.98 Å². The third-order valence-electron chi connectivity index (χ3n) is 4.73. The van der Waals surface area contributed by atoms with Gasteiger partial charge < -0.3 is 10.6 Å². The average Bonchev–Trinajstić information content (AvgIpc) is 3.08. The number of hydrogen-bond acceptors (Lipinski definition) is 4. The summed E-state index contributed by atoms with van der Waals surface area (Å²) in [6, 6.07) is 18.6. The molecule has 0 spiro atoms. The van der Waals surface area contributed by atoms with Gasteiger partial charge in [0.2, 0.25) is 0 Å². The molecule has 0 fully saturated rings. The molecule has 1 atom stereocenters. The summed E-state index contributed by atoms with van der Waals surface area (Å²) in [5, 5.41) is 7.23. The van der Waals surface area contributed by atoms with Gasteiger partial charge in [-0.3, -0.25) is 4.79 Å². The molecule has 0 radical (unpaired) electrons. The Morgan fingerprint density at radius 3 is 2.57 bits per heavy atom. The topological polar surface area (TPSA) is 54.0 Å². The lowest BCUT2D eigenvalue weighted by Gasteiger charge is -2.13. The van der Waals surface area contributed by atoms with E-state index >= 15 is 0 Å². The summed E-state index contributed by atoms with van der Waals surface area (Å²) in [6.07, 6.45) is 2.80. The molecule has 0 aliphatic rings. The first-order chi connectivity index (χ1) is 13.6. The maximum Gasteiger partial charge on any atom is 0.263 e. The number of nitrogens with zero attached hydrogens (tertiary/aromatic N) is 1. The van der Waals surface area contributed by atoms with E-state index in [0.29, 0.717) is 4.88 Å². The summed E-state index contributed by atoms with van der Waals surface area (Å²) < 4.78 is 0. The maximum absolute atomic E-state index is 12.7. The first-order valence-corrected chi connectivity index (χ1v) is 10.6. The van der Waals surface area contributed by atoms with Gasteiger partial charge in [-0.1, -0.05) is 66.8 Å². The highest BCUT2D eigenvalue weighted by atomic mass is 32.1. The van der Waals surface area contributed by atoms with Crippen molar-refractivity contribution >= 4 is 28.1 Å². The molecule has 0 saturated carbocycles. The second kappa shape index (κ2) is 9.51. The summed E-state index contributed by atoms with van der Waals surface area (Å²) in [5.41, 5.74) is 4.32. The minimum Gasteiger partial charge on any atom is -0.349 e. The minimum atomic E-state index is -0.0487. The van der Waals surface area contributed by atoms with Crippen LogP contribution in [0.15, 0.2) is 54.6 Å². The van der Waals surface area contributed by atoms with E-state index in [1.807, 2.05) is 50.2 Å². The van der Waals surface area contributed by atoms with E-state index in [1.165, 1.54) is 22.5 Å². The molecule has 2 aromatic carbocycles. The predicted octanol–water partition coefficient (Wildman–Crippen LogP) is 5.51. The van der Waals surface area contributed by atoms with Gasteiger partial charge in [0.1, 0.15) is 4.88 Å². The lowest BCUT2D eigenvalue weighted by molar-refractivity contribution is 0.0941. The van der Waals surface area contributed by atoms with Crippen molar-refractivity contribution in [2.45, 2.75) is 46.1 Å². The predicted molar refractivity (Wildman–Crippen MR) is 118 cm³/mol. The SMILES string of the molecule is CCc1ccccc1Nc1nc(C)c(C(=O)N[C@@H](C)CCc2ccccc2)s1. The average molecular weight is 394 g/mol. The monoisotopic (exact) mass is 393 g/mol. The number of amides is 1. The van der Waals surface area contributed by atoms with E-state index in [1.54, 1.807) is 0 Å². The molecule has 1 heterocycles. The van der Waals surface area contributed by atoms with E-state index in [-0.39, 0.29) is 11.9 Å². The van der Waals surface area contributed by atoms with Crippen LogP contribution in [0, 0.1) is 6.92 Å². The van der Waals surface area contributed by atoms with E-state index in [4.69, 9.17) is 0 Å². The Labute approximate surface area is 171 Å². The number of carbonyl (C=O) groups excluding carboxylic acids is 1. The molecule has 1 aromatic heterocycles. The maximum atomic E-state index is 12.7. The zero-order valence-corrected chi connectivity index (χ0v) is 17.5. The summed E-state index contributed by atoms with van der Waals surface area (Å²) in [5.74, 6) is -0.0487. The van der Waals surface area contributed by atoms with Crippen LogP contribution in [0.1, 0.15) is 46.8 Å². The zero-order valence-electron chi connectivity index (χ0n) is 16.7. The molecule has 3 aromatic rings. The Kier molecular flexibility index (Phi) is 6.82. The lowest BCUT2D eigenvalue weighted by Crippen LogP contribution is -2.32. The minimum absolute atomic E-state index is 0.0487. The first kappa shape index (κ1) is 20.1. The highest BCUT2D eigenvalue weighted by Gasteiger charge is 2.17. The summed E-state index contributed by atoms with van der Waals surface area (Å²) in [4.78, 5) is 17.9. The van der Waals surface area contributed by atoms with Crippen LogP contribution < -0.4 is 10.6 Å². The Morgan fingerprint density at radius 2 is 1.82 bits per heavy atom. The molecule has 5 heteroatoms. The largest absolute Gasteiger partial charge is 0.349 e. The van der Waals surface area contributed by atoms with E-state index < -0.39 is 0 Å². The normalized spacial score (nSPS) is 11.8. The molecular formula is C23H27N3OS. The zero-order chi connectivity index (χ0) is 19.9. The molecule has 0 saturated heterocycles.